The van der Waals surface area contributed by atoms with Gasteiger partial charge in [0.15, 0.2) is 0 Å². The van der Waals surface area contributed by atoms with Crippen molar-refractivity contribution in [1.29, 1.82) is 0 Å². The largest absolute Gasteiger partial charge is 0.469 e. The van der Waals surface area contributed by atoms with Crippen LogP contribution >= 0.6 is 0 Å². The highest BCUT2D eigenvalue weighted by Crippen LogP contribution is 2.53. The zero-order valence-electron chi connectivity index (χ0n) is 15.0. The SMILES string of the molecule is C.COCC1CCC2/C1=C\C1(C)CCC(C)=C1CCC2C(=O)OC. The minimum Gasteiger partial charge on any atom is -0.469 e. The quantitative estimate of drug-likeness (QED) is 0.543. The lowest BCUT2D eigenvalue weighted by atomic mass is 9.71. The van der Waals surface area contributed by atoms with Crippen molar-refractivity contribution in [2.24, 2.45) is 23.2 Å². The van der Waals surface area contributed by atoms with E-state index in [0.29, 0.717) is 11.8 Å². The van der Waals surface area contributed by atoms with Crippen LogP contribution in [0.1, 0.15) is 59.8 Å². The first-order valence-corrected chi connectivity index (χ1v) is 8.98. The number of ether oxygens (including phenoxy) is 2. The molecule has 24 heavy (non-hydrogen) atoms. The number of allylic oxidation sites excluding steroid dienone is 3. The van der Waals surface area contributed by atoms with Crippen LogP contribution in [0.2, 0.25) is 0 Å². The third-order valence-electron chi connectivity index (χ3n) is 6.50. The maximum absolute atomic E-state index is 12.4. The molecule has 0 aromatic heterocycles. The van der Waals surface area contributed by atoms with E-state index in [0.717, 1.165) is 32.3 Å². The number of hydrogen-bond donors (Lipinski definition) is 0. The Hall–Kier alpha value is -1.09. The molecule has 0 saturated heterocycles. The third-order valence-corrected chi connectivity index (χ3v) is 6.50. The summed E-state index contributed by atoms with van der Waals surface area (Å²) in [6.45, 7) is 5.43. The maximum Gasteiger partial charge on any atom is 0.309 e. The van der Waals surface area contributed by atoms with Gasteiger partial charge in [-0.05, 0) is 51.4 Å². The maximum atomic E-state index is 12.4. The van der Waals surface area contributed by atoms with E-state index in [1.54, 1.807) is 12.7 Å². The van der Waals surface area contributed by atoms with Gasteiger partial charge in [0.25, 0.3) is 0 Å². The van der Waals surface area contributed by atoms with Crippen LogP contribution in [0.3, 0.4) is 0 Å². The number of methoxy groups -OCH3 is 2. The minimum atomic E-state index is -0.0289. The number of carbonyl (C=O) groups is 1. The summed E-state index contributed by atoms with van der Waals surface area (Å²) in [5.41, 5.74) is 4.76. The average molecular weight is 335 g/mol. The van der Waals surface area contributed by atoms with Gasteiger partial charge in [-0.2, -0.15) is 0 Å². The van der Waals surface area contributed by atoms with Crippen molar-refractivity contribution in [1.82, 2.24) is 0 Å². The van der Waals surface area contributed by atoms with Gasteiger partial charge < -0.3 is 9.47 Å². The van der Waals surface area contributed by atoms with Crippen molar-refractivity contribution in [2.45, 2.75) is 59.8 Å². The molecule has 3 rings (SSSR count). The lowest BCUT2D eigenvalue weighted by Gasteiger charge is -2.34. The summed E-state index contributed by atoms with van der Waals surface area (Å²) in [5.74, 6) is 0.800. The van der Waals surface area contributed by atoms with Crippen LogP contribution < -0.4 is 0 Å². The van der Waals surface area contributed by atoms with E-state index in [1.807, 2.05) is 0 Å². The van der Waals surface area contributed by atoms with Crippen molar-refractivity contribution < 1.29 is 14.3 Å². The van der Waals surface area contributed by atoms with E-state index >= 15 is 0 Å². The molecular weight excluding hydrogens is 300 g/mol. The van der Waals surface area contributed by atoms with Crippen molar-refractivity contribution in [3.63, 3.8) is 0 Å². The summed E-state index contributed by atoms with van der Waals surface area (Å²) in [4.78, 5) is 12.4. The summed E-state index contributed by atoms with van der Waals surface area (Å²) >= 11 is 0. The first-order valence-electron chi connectivity index (χ1n) is 8.98. The van der Waals surface area contributed by atoms with Crippen LogP contribution in [0, 0.1) is 23.2 Å². The van der Waals surface area contributed by atoms with Gasteiger partial charge in [0.2, 0.25) is 0 Å². The molecule has 1 fully saturated rings. The minimum absolute atomic E-state index is 0. The fourth-order valence-corrected chi connectivity index (χ4v) is 5.25. The van der Waals surface area contributed by atoms with Gasteiger partial charge in [-0.1, -0.05) is 37.1 Å². The molecule has 0 heterocycles. The molecule has 0 amide bonds. The fourth-order valence-electron chi connectivity index (χ4n) is 5.25. The van der Waals surface area contributed by atoms with E-state index in [1.165, 1.54) is 31.1 Å². The van der Waals surface area contributed by atoms with E-state index in [4.69, 9.17) is 9.47 Å². The van der Waals surface area contributed by atoms with E-state index in [9.17, 15) is 4.79 Å². The molecule has 0 aromatic carbocycles. The van der Waals surface area contributed by atoms with Crippen LogP contribution in [0.5, 0.6) is 0 Å². The second-order valence-electron chi connectivity index (χ2n) is 7.83. The molecule has 0 bridgehead atoms. The van der Waals surface area contributed by atoms with E-state index in [2.05, 4.69) is 19.9 Å². The predicted molar refractivity (Wildman–Crippen MR) is 97.7 cm³/mol. The standard InChI is InChI=1S/C20H30O3.CH4/c1-13-9-10-20(2)11-17-14(12-22-3)5-6-15(17)16(19(21)23-4)7-8-18(13)20;/h11,14-16H,5-10,12H2,1-4H3;1H4/b17-11-;. The third kappa shape index (κ3) is 3.20. The lowest BCUT2D eigenvalue weighted by molar-refractivity contribution is -0.147. The van der Waals surface area contributed by atoms with Gasteiger partial charge in [0, 0.05) is 18.4 Å². The van der Waals surface area contributed by atoms with Gasteiger partial charge in [0.05, 0.1) is 19.6 Å². The average Bonchev–Trinajstić information content (AvgIpc) is 3.01. The molecule has 0 N–H and O–H groups in total. The molecule has 3 nitrogen and oxygen atoms in total. The molecule has 136 valence electrons. The van der Waals surface area contributed by atoms with Crippen LogP contribution in [0.25, 0.3) is 0 Å². The molecule has 4 unspecified atom stereocenters. The Morgan fingerprint density at radius 3 is 2.67 bits per heavy atom. The predicted octanol–water partition coefficient (Wildman–Crippen LogP) is 4.92. The molecule has 1 saturated carbocycles. The topological polar surface area (TPSA) is 35.5 Å². The van der Waals surface area contributed by atoms with Gasteiger partial charge in [-0.25, -0.2) is 0 Å². The van der Waals surface area contributed by atoms with Crippen LogP contribution in [-0.4, -0.2) is 26.8 Å². The molecular formula is C21H34O3. The molecule has 0 spiro atoms. The van der Waals surface area contributed by atoms with Crippen molar-refractivity contribution in [3.8, 4) is 0 Å². The normalized spacial score (nSPS) is 37.5. The highest BCUT2D eigenvalue weighted by atomic mass is 16.5. The molecule has 3 aliphatic carbocycles. The Bertz CT molecular complexity index is 545. The Kier molecular flexibility index (Phi) is 5.95. The van der Waals surface area contributed by atoms with E-state index < -0.39 is 0 Å². The van der Waals surface area contributed by atoms with Crippen molar-refractivity contribution >= 4 is 5.97 Å². The van der Waals surface area contributed by atoms with Crippen molar-refractivity contribution in [3.05, 3.63) is 22.8 Å². The molecule has 0 radical (unpaired) electrons. The summed E-state index contributed by atoms with van der Waals surface area (Å²) in [5, 5.41) is 0. The number of rotatable bonds is 3. The Labute approximate surface area is 147 Å². The monoisotopic (exact) mass is 334 g/mol. The summed E-state index contributed by atoms with van der Waals surface area (Å²) in [6.07, 6.45) is 9.12. The van der Waals surface area contributed by atoms with Crippen LogP contribution in [0.4, 0.5) is 0 Å². The van der Waals surface area contributed by atoms with Gasteiger partial charge in [0.1, 0.15) is 0 Å². The first-order chi connectivity index (χ1) is 11.0. The molecule has 0 aliphatic heterocycles. The zero-order valence-corrected chi connectivity index (χ0v) is 15.0. The fraction of sp³-hybridized carbons (Fsp3) is 0.762. The second-order valence-corrected chi connectivity index (χ2v) is 7.83. The Morgan fingerprint density at radius 1 is 1.25 bits per heavy atom. The Balaban J connectivity index is 0.00000208. The molecule has 0 aromatic rings. The molecule has 3 heteroatoms. The Morgan fingerprint density at radius 2 is 2.00 bits per heavy atom. The second kappa shape index (κ2) is 7.43. The number of esters is 1. The van der Waals surface area contributed by atoms with Crippen molar-refractivity contribution in [2.75, 3.05) is 20.8 Å². The van der Waals surface area contributed by atoms with Gasteiger partial charge >= 0.3 is 5.97 Å². The highest BCUT2D eigenvalue weighted by molar-refractivity contribution is 5.73. The summed E-state index contributed by atoms with van der Waals surface area (Å²) < 4.78 is 10.6. The van der Waals surface area contributed by atoms with Gasteiger partial charge in [-0.3, -0.25) is 4.79 Å². The number of hydrogen-bond acceptors (Lipinski definition) is 3. The first kappa shape index (κ1) is 19.2. The molecule has 4 atom stereocenters. The molecule has 3 aliphatic rings. The number of fused-ring (bicyclic) bond motifs is 2. The smallest absolute Gasteiger partial charge is 0.309 e. The summed E-state index contributed by atoms with van der Waals surface area (Å²) in [6, 6.07) is 0. The van der Waals surface area contributed by atoms with Crippen LogP contribution in [-0.2, 0) is 14.3 Å². The van der Waals surface area contributed by atoms with Crippen LogP contribution in [0.15, 0.2) is 22.8 Å². The summed E-state index contributed by atoms with van der Waals surface area (Å²) in [7, 11) is 3.30. The van der Waals surface area contributed by atoms with E-state index in [-0.39, 0.29) is 24.7 Å². The van der Waals surface area contributed by atoms with Gasteiger partial charge in [-0.15, -0.1) is 0 Å². The highest BCUT2D eigenvalue weighted by Gasteiger charge is 2.44. The zero-order chi connectivity index (χ0) is 16.6. The lowest BCUT2D eigenvalue weighted by Crippen LogP contribution is -2.29. The number of carbonyl (C=O) groups excluding carboxylic acids is 1.